The predicted molar refractivity (Wildman–Crippen MR) is 132 cm³/mol. The Balaban J connectivity index is 1.82. The van der Waals surface area contributed by atoms with E-state index in [2.05, 4.69) is 15.9 Å². The van der Waals surface area contributed by atoms with Crippen molar-refractivity contribution in [2.45, 2.75) is 20.4 Å². The molecule has 2 aromatic rings. The van der Waals surface area contributed by atoms with Crippen molar-refractivity contribution in [3.63, 3.8) is 0 Å². The van der Waals surface area contributed by atoms with Gasteiger partial charge in [0.2, 0.25) is 0 Å². The molecule has 0 saturated carbocycles. The number of amides is 2. The van der Waals surface area contributed by atoms with Gasteiger partial charge in [0.05, 0.1) is 34.1 Å². The first-order valence-corrected chi connectivity index (χ1v) is 12.1. The van der Waals surface area contributed by atoms with Crippen LogP contribution in [0.1, 0.15) is 25.0 Å². The molecule has 0 atom stereocenters. The largest absolute Gasteiger partial charge is 0.490 e. The van der Waals surface area contributed by atoms with Crippen LogP contribution < -0.4 is 9.47 Å². The molecule has 0 radical (unpaired) electrons. The number of rotatable bonds is 10. The molecule has 2 amide bonds. The van der Waals surface area contributed by atoms with Gasteiger partial charge in [0.15, 0.2) is 18.1 Å². The molecule has 0 N–H and O–H groups in total. The summed E-state index contributed by atoms with van der Waals surface area (Å²) < 4.78 is 16.5. The summed E-state index contributed by atoms with van der Waals surface area (Å²) in [6.45, 7) is 3.65. The van der Waals surface area contributed by atoms with Crippen LogP contribution in [0.3, 0.4) is 0 Å². The van der Waals surface area contributed by atoms with Crippen molar-refractivity contribution >= 4 is 56.6 Å². The van der Waals surface area contributed by atoms with E-state index in [1.54, 1.807) is 38.1 Å². The smallest absolute Gasteiger partial charge is 0.344 e. The predicted octanol–water partition coefficient (Wildman–Crippen LogP) is 4.93. The van der Waals surface area contributed by atoms with E-state index in [4.69, 9.17) is 14.2 Å². The summed E-state index contributed by atoms with van der Waals surface area (Å²) in [5, 5.41) is 10.5. The summed E-state index contributed by atoms with van der Waals surface area (Å²) >= 11 is 4.17. The number of benzene rings is 2. The zero-order chi connectivity index (χ0) is 25.5. The highest BCUT2D eigenvalue weighted by molar-refractivity contribution is 9.10. The van der Waals surface area contributed by atoms with E-state index < -0.39 is 22.0 Å². The van der Waals surface area contributed by atoms with Gasteiger partial charge < -0.3 is 14.2 Å². The molecule has 12 heteroatoms. The summed E-state index contributed by atoms with van der Waals surface area (Å²) in [6, 6.07) is 9.07. The van der Waals surface area contributed by atoms with Crippen LogP contribution in [0.5, 0.6) is 11.5 Å². The fourth-order valence-corrected chi connectivity index (χ4v) is 4.56. The highest BCUT2D eigenvalue weighted by Crippen LogP contribution is 2.39. The molecule has 3 rings (SSSR count). The van der Waals surface area contributed by atoms with Crippen molar-refractivity contribution in [3.05, 3.63) is 67.0 Å². The number of nitrogens with zero attached hydrogens (tertiary/aromatic N) is 2. The first kappa shape index (κ1) is 26.2. The van der Waals surface area contributed by atoms with Crippen molar-refractivity contribution in [2.75, 3.05) is 19.8 Å². The molecule has 1 aliphatic rings. The van der Waals surface area contributed by atoms with Crippen LogP contribution in [0.2, 0.25) is 0 Å². The Kier molecular flexibility index (Phi) is 8.88. The molecule has 0 aromatic heterocycles. The maximum absolute atomic E-state index is 12.9. The van der Waals surface area contributed by atoms with Gasteiger partial charge in [-0.15, -0.1) is 0 Å². The molecule has 0 unspecified atom stereocenters. The number of carbonyl (C=O) groups excluding carboxylic acids is 3. The fourth-order valence-electron chi connectivity index (χ4n) is 3.15. The maximum atomic E-state index is 12.9. The molecule has 0 aliphatic carbocycles. The zero-order valence-corrected chi connectivity index (χ0v) is 21.2. The van der Waals surface area contributed by atoms with Crippen molar-refractivity contribution < 1.29 is 33.5 Å². The average Bonchev–Trinajstić information content (AvgIpc) is 3.06. The van der Waals surface area contributed by atoms with Crippen molar-refractivity contribution in [1.82, 2.24) is 4.90 Å². The molecule has 1 saturated heterocycles. The minimum atomic E-state index is -0.537. The number of nitro groups is 1. The van der Waals surface area contributed by atoms with Crippen LogP contribution in [-0.4, -0.2) is 46.8 Å². The molecule has 10 nitrogen and oxygen atoms in total. The first-order valence-electron chi connectivity index (χ1n) is 10.5. The summed E-state index contributed by atoms with van der Waals surface area (Å²) in [5.41, 5.74) is 0.903. The summed E-state index contributed by atoms with van der Waals surface area (Å²) in [6.07, 6.45) is 1.54. The van der Waals surface area contributed by atoms with Gasteiger partial charge in [-0.2, -0.15) is 0 Å². The molecular weight excluding hydrogens is 544 g/mol. The molecule has 1 aliphatic heterocycles. The normalized spacial score (nSPS) is 14.4. The van der Waals surface area contributed by atoms with Crippen molar-refractivity contribution in [1.29, 1.82) is 0 Å². The minimum absolute atomic E-state index is 0.0851. The monoisotopic (exact) mass is 564 g/mol. The molecule has 0 spiro atoms. The Morgan fingerprint density at radius 2 is 1.94 bits per heavy atom. The second-order valence-corrected chi connectivity index (χ2v) is 8.90. The van der Waals surface area contributed by atoms with Crippen molar-refractivity contribution in [2.24, 2.45) is 0 Å². The number of non-ortho nitro benzene ring substituents is 1. The number of ether oxygens (including phenoxy) is 3. The summed E-state index contributed by atoms with van der Waals surface area (Å²) in [5.74, 6) is -0.393. The van der Waals surface area contributed by atoms with Crippen LogP contribution >= 0.6 is 27.7 Å². The topological polar surface area (TPSA) is 125 Å². The Bertz CT molecular complexity index is 1200. The Morgan fingerprint density at radius 1 is 1.17 bits per heavy atom. The standard InChI is InChI=1S/C23H21BrN2O8S/c1-3-32-18-10-15(9-17(24)21(18)34-13-20(27)33-4-2)11-19-22(28)25(23(29)35-19)12-14-6-5-7-16(8-14)26(30)31/h5-11H,3-4,12-13H2,1-2H3. The Labute approximate surface area is 213 Å². The lowest BCUT2D eigenvalue weighted by molar-refractivity contribution is -0.384. The minimum Gasteiger partial charge on any atom is -0.490 e. The number of hydrogen-bond acceptors (Lipinski definition) is 9. The van der Waals surface area contributed by atoms with Crippen molar-refractivity contribution in [3.8, 4) is 11.5 Å². The van der Waals surface area contributed by atoms with E-state index in [0.29, 0.717) is 33.7 Å². The second kappa shape index (κ2) is 11.8. The molecule has 184 valence electrons. The molecule has 35 heavy (non-hydrogen) atoms. The van der Waals surface area contributed by atoms with E-state index >= 15 is 0 Å². The third-order valence-electron chi connectivity index (χ3n) is 4.60. The van der Waals surface area contributed by atoms with Gasteiger partial charge in [0.25, 0.3) is 16.8 Å². The number of esters is 1. The van der Waals surface area contributed by atoms with Crippen LogP contribution in [0.4, 0.5) is 10.5 Å². The van der Waals surface area contributed by atoms with Gasteiger partial charge >= 0.3 is 5.97 Å². The number of imide groups is 1. The number of halogens is 1. The molecule has 1 fully saturated rings. The van der Waals surface area contributed by atoms with Gasteiger partial charge in [0.1, 0.15) is 0 Å². The number of carbonyl (C=O) groups is 3. The lowest BCUT2D eigenvalue weighted by Gasteiger charge is -2.14. The SMILES string of the molecule is CCOC(=O)COc1c(Br)cc(C=C2SC(=O)N(Cc3cccc([N+](=O)[O-])c3)C2=O)cc1OCC. The zero-order valence-electron chi connectivity index (χ0n) is 18.8. The third-order valence-corrected chi connectivity index (χ3v) is 6.10. The average molecular weight is 565 g/mol. The number of hydrogen-bond donors (Lipinski definition) is 0. The van der Waals surface area contributed by atoms with Crippen LogP contribution in [0.25, 0.3) is 6.08 Å². The highest BCUT2D eigenvalue weighted by Gasteiger charge is 2.35. The third kappa shape index (κ3) is 6.61. The van der Waals surface area contributed by atoms with Gasteiger partial charge in [-0.1, -0.05) is 12.1 Å². The lowest BCUT2D eigenvalue weighted by Crippen LogP contribution is -2.27. The molecular formula is C23H21BrN2O8S. The van der Waals surface area contributed by atoms with Gasteiger partial charge in [-0.25, -0.2) is 4.79 Å². The van der Waals surface area contributed by atoms with E-state index in [1.807, 2.05) is 0 Å². The number of thioether (sulfide) groups is 1. The van der Waals surface area contributed by atoms with E-state index in [0.717, 1.165) is 16.7 Å². The quantitative estimate of drug-likeness (QED) is 0.171. The summed E-state index contributed by atoms with van der Waals surface area (Å²) in [4.78, 5) is 48.7. The Hall–Kier alpha value is -3.38. The van der Waals surface area contributed by atoms with Crippen LogP contribution in [0, 0.1) is 10.1 Å². The lowest BCUT2D eigenvalue weighted by atomic mass is 10.1. The van der Waals surface area contributed by atoms with Crippen LogP contribution in [-0.2, 0) is 20.9 Å². The van der Waals surface area contributed by atoms with E-state index in [9.17, 15) is 24.5 Å². The molecule has 2 aromatic carbocycles. The fraction of sp³-hybridized carbons (Fsp3) is 0.261. The Morgan fingerprint density at radius 3 is 2.63 bits per heavy atom. The molecule has 1 heterocycles. The van der Waals surface area contributed by atoms with E-state index in [1.165, 1.54) is 18.2 Å². The van der Waals surface area contributed by atoms with Gasteiger partial charge in [0, 0.05) is 12.1 Å². The van der Waals surface area contributed by atoms with Crippen LogP contribution in [0.15, 0.2) is 45.8 Å². The highest BCUT2D eigenvalue weighted by atomic mass is 79.9. The second-order valence-electron chi connectivity index (χ2n) is 7.05. The first-order chi connectivity index (χ1) is 16.7. The maximum Gasteiger partial charge on any atom is 0.344 e. The van der Waals surface area contributed by atoms with Gasteiger partial charge in [-0.05, 0) is 70.9 Å². The van der Waals surface area contributed by atoms with Gasteiger partial charge in [-0.3, -0.25) is 24.6 Å². The summed E-state index contributed by atoms with van der Waals surface area (Å²) in [7, 11) is 0. The number of nitro benzene ring substituents is 1. The molecule has 0 bridgehead atoms. The van der Waals surface area contributed by atoms with E-state index in [-0.39, 0.29) is 30.4 Å².